The predicted octanol–water partition coefficient (Wildman–Crippen LogP) is 0.789. The summed E-state index contributed by atoms with van der Waals surface area (Å²) >= 11 is 0. The van der Waals surface area contributed by atoms with Gasteiger partial charge in [-0.15, -0.1) is 0 Å². The summed E-state index contributed by atoms with van der Waals surface area (Å²) in [6.07, 6.45) is 3.89. The number of amides is 1. The third-order valence-corrected chi connectivity index (χ3v) is 4.77. The summed E-state index contributed by atoms with van der Waals surface area (Å²) in [5, 5.41) is 12.8. The number of fused-ring (bicyclic) bond motifs is 1. The summed E-state index contributed by atoms with van der Waals surface area (Å²) in [5.41, 5.74) is 1.75. The van der Waals surface area contributed by atoms with Crippen LogP contribution in [-0.4, -0.2) is 53.4 Å². The maximum atomic E-state index is 12.3. The lowest BCUT2D eigenvalue weighted by Crippen LogP contribution is -2.31. The number of carbonyl (C=O) groups is 1. The van der Waals surface area contributed by atoms with Gasteiger partial charge in [-0.25, -0.2) is 9.97 Å². The zero-order valence-electron chi connectivity index (χ0n) is 14.6. The highest BCUT2D eigenvalue weighted by atomic mass is 16.2. The number of nitrogens with zero attached hydrogens (tertiary/aromatic N) is 7. The van der Waals surface area contributed by atoms with Crippen LogP contribution in [0, 0.1) is 6.92 Å². The first-order valence-corrected chi connectivity index (χ1v) is 8.12. The van der Waals surface area contributed by atoms with Crippen LogP contribution in [0.3, 0.4) is 0 Å². The average Bonchev–Trinajstić information content (AvgIpc) is 3.21. The van der Waals surface area contributed by atoms with Crippen LogP contribution in [0.1, 0.15) is 24.0 Å². The molecule has 1 amide bonds. The highest BCUT2D eigenvalue weighted by molar-refractivity contribution is 5.87. The van der Waals surface area contributed by atoms with Crippen LogP contribution in [0.2, 0.25) is 0 Å². The Kier molecular flexibility index (Phi) is 3.45. The number of likely N-dealkylation sites (tertiary alicyclic amines) is 1. The molecule has 1 aliphatic heterocycles. The summed E-state index contributed by atoms with van der Waals surface area (Å²) < 4.78 is 3.53. The molecule has 4 heterocycles. The minimum absolute atomic E-state index is 0.0944. The number of likely N-dealkylation sites (N-methyl/N-ethyl adjacent to an activating group) is 1. The Balaban J connectivity index is 1.74. The molecule has 0 unspecified atom stereocenters. The summed E-state index contributed by atoms with van der Waals surface area (Å²) in [5.74, 6) is 1.46. The fourth-order valence-corrected chi connectivity index (χ4v) is 3.49. The number of aryl methyl sites for hydroxylation is 3. The Morgan fingerprint density at radius 1 is 1.16 bits per heavy atom. The average molecular weight is 340 g/mol. The van der Waals surface area contributed by atoms with Gasteiger partial charge in [0.15, 0.2) is 5.65 Å². The van der Waals surface area contributed by atoms with Crippen LogP contribution in [0.4, 0.5) is 5.82 Å². The van der Waals surface area contributed by atoms with Crippen molar-refractivity contribution in [3.63, 3.8) is 0 Å². The van der Waals surface area contributed by atoms with Gasteiger partial charge in [-0.1, -0.05) is 0 Å². The van der Waals surface area contributed by atoms with Crippen molar-refractivity contribution >= 4 is 22.8 Å². The lowest BCUT2D eigenvalue weighted by molar-refractivity contribution is -0.127. The van der Waals surface area contributed by atoms with Gasteiger partial charge in [0.25, 0.3) is 0 Å². The van der Waals surface area contributed by atoms with Gasteiger partial charge in [0, 0.05) is 33.8 Å². The number of hydrogen-bond acceptors (Lipinski definition) is 6. The number of rotatable bonds is 3. The van der Waals surface area contributed by atoms with E-state index in [1.54, 1.807) is 26.7 Å². The molecule has 9 nitrogen and oxygen atoms in total. The van der Waals surface area contributed by atoms with Crippen molar-refractivity contribution in [1.82, 2.24) is 34.4 Å². The maximum Gasteiger partial charge on any atom is 0.225 e. The Morgan fingerprint density at radius 2 is 1.96 bits per heavy atom. The molecule has 0 bridgehead atoms. The number of carbonyl (C=O) groups excluding carboxylic acids is 1. The highest BCUT2D eigenvalue weighted by Gasteiger charge is 2.40. The molecule has 1 saturated heterocycles. The molecule has 0 aromatic carbocycles. The summed E-state index contributed by atoms with van der Waals surface area (Å²) in [7, 11) is 5.56. The first-order chi connectivity index (χ1) is 12.0. The Labute approximate surface area is 144 Å². The van der Waals surface area contributed by atoms with Gasteiger partial charge in [-0.05, 0) is 13.0 Å². The normalized spacial score (nSPS) is 20.6. The van der Waals surface area contributed by atoms with Crippen LogP contribution in [-0.2, 0) is 18.9 Å². The van der Waals surface area contributed by atoms with E-state index in [2.05, 4.69) is 25.5 Å². The van der Waals surface area contributed by atoms with E-state index >= 15 is 0 Å². The molecule has 25 heavy (non-hydrogen) atoms. The Bertz CT molecular complexity index is 958. The van der Waals surface area contributed by atoms with Gasteiger partial charge >= 0.3 is 0 Å². The molecular formula is C16H20N8O. The fourth-order valence-electron chi connectivity index (χ4n) is 3.49. The monoisotopic (exact) mass is 340 g/mol. The second-order valence-corrected chi connectivity index (χ2v) is 6.41. The lowest BCUT2D eigenvalue weighted by atomic mass is 10.1. The molecule has 4 rings (SSSR count). The van der Waals surface area contributed by atoms with Crippen molar-refractivity contribution in [3.8, 4) is 0 Å². The van der Waals surface area contributed by atoms with Crippen molar-refractivity contribution in [1.29, 1.82) is 0 Å². The van der Waals surface area contributed by atoms with E-state index in [4.69, 9.17) is 0 Å². The largest absolute Gasteiger partial charge is 0.364 e. The van der Waals surface area contributed by atoms with Gasteiger partial charge in [0.05, 0.1) is 29.4 Å². The van der Waals surface area contributed by atoms with Crippen molar-refractivity contribution < 1.29 is 4.79 Å². The predicted molar refractivity (Wildman–Crippen MR) is 91.8 cm³/mol. The quantitative estimate of drug-likeness (QED) is 0.758. The van der Waals surface area contributed by atoms with Crippen molar-refractivity contribution in [3.05, 3.63) is 30.0 Å². The minimum Gasteiger partial charge on any atom is -0.364 e. The molecule has 9 heteroatoms. The first-order valence-electron chi connectivity index (χ1n) is 8.12. The molecule has 0 radical (unpaired) electrons. The van der Waals surface area contributed by atoms with Crippen LogP contribution in [0.15, 0.2) is 18.5 Å². The summed E-state index contributed by atoms with van der Waals surface area (Å²) in [6.45, 7) is 1.85. The first kappa shape index (κ1) is 15.6. The Hall–Kier alpha value is -2.97. The smallest absolute Gasteiger partial charge is 0.225 e. The van der Waals surface area contributed by atoms with Crippen molar-refractivity contribution in [2.45, 2.75) is 25.4 Å². The fraction of sp³-hybridized carbons (Fsp3) is 0.438. The van der Waals surface area contributed by atoms with Gasteiger partial charge in [0.2, 0.25) is 5.91 Å². The number of aromatic nitrogens is 6. The van der Waals surface area contributed by atoms with Crippen LogP contribution in [0.25, 0.3) is 11.0 Å². The van der Waals surface area contributed by atoms with Crippen LogP contribution in [0.5, 0.6) is 0 Å². The molecule has 1 aliphatic rings. The second-order valence-electron chi connectivity index (χ2n) is 6.41. The maximum absolute atomic E-state index is 12.3. The van der Waals surface area contributed by atoms with Crippen molar-refractivity contribution in [2.75, 3.05) is 12.4 Å². The Morgan fingerprint density at radius 3 is 2.68 bits per heavy atom. The van der Waals surface area contributed by atoms with Crippen LogP contribution < -0.4 is 5.32 Å². The van der Waals surface area contributed by atoms with E-state index in [0.717, 1.165) is 16.7 Å². The molecule has 1 fully saturated rings. The van der Waals surface area contributed by atoms with E-state index in [1.807, 2.05) is 34.1 Å². The topological polar surface area (TPSA) is 93.8 Å². The third kappa shape index (κ3) is 2.43. The van der Waals surface area contributed by atoms with Gasteiger partial charge < -0.3 is 10.2 Å². The lowest BCUT2D eigenvalue weighted by Gasteiger charge is -2.26. The molecule has 1 N–H and O–H groups in total. The molecule has 3 aromatic rings. The highest BCUT2D eigenvalue weighted by Crippen LogP contribution is 2.34. The zero-order chi connectivity index (χ0) is 17.7. The van der Waals surface area contributed by atoms with Gasteiger partial charge in [-0.2, -0.15) is 10.2 Å². The minimum atomic E-state index is -0.109. The molecule has 0 spiro atoms. The van der Waals surface area contributed by atoms with E-state index in [9.17, 15) is 4.79 Å². The van der Waals surface area contributed by atoms with Crippen LogP contribution >= 0.6 is 0 Å². The molecule has 3 aromatic heterocycles. The van der Waals surface area contributed by atoms with Gasteiger partial charge in [-0.3, -0.25) is 14.2 Å². The van der Waals surface area contributed by atoms with E-state index in [1.165, 1.54) is 0 Å². The zero-order valence-corrected chi connectivity index (χ0v) is 14.6. The van der Waals surface area contributed by atoms with E-state index in [-0.39, 0.29) is 18.0 Å². The number of nitrogens with one attached hydrogen (secondary N) is 1. The summed E-state index contributed by atoms with van der Waals surface area (Å²) in [4.78, 5) is 23.1. The second kappa shape index (κ2) is 5.54. The third-order valence-electron chi connectivity index (χ3n) is 4.77. The molecule has 2 atom stereocenters. The number of anilines is 1. The SMILES string of the molecule is Cc1nc(N[C@@H]2CC(=O)N(C)[C@H]2c2ccnn2C)c2cnn(C)c2n1. The molecule has 0 saturated carbocycles. The standard InChI is InChI=1S/C16H20N8O/c1-9-19-15(10-8-18-24(4)16(10)20-9)21-11-7-13(25)22(2)14(11)12-5-6-17-23(12)3/h5-6,8,11,14H,7H2,1-4H3,(H,19,20,21)/t11-,14-/m1/s1. The van der Waals surface area contributed by atoms with E-state index < -0.39 is 0 Å². The summed E-state index contributed by atoms with van der Waals surface area (Å²) in [6, 6.07) is 1.73. The molecular weight excluding hydrogens is 320 g/mol. The van der Waals surface area contributed by atoms with Gasteiger partial charge in [0.1, 0.15) is 11.6 Å². The molecule has 0 aliphatic carbocycles. The molecule has 130 valence electrons. The van der Waals surface area contributed by atoms with E-state index in [0.29, 0.717) is 18.1 Å². The number of hydrogen-bond donors (Lipinski definition) is 1. The van der Waals surface area contributed by atoms with Crippen molar-refractivity contribution in [2.24, 2.45) is 14.1 Å².